The SMILES string of the molecule is CS(=O)(=O)Cc1[nH]nc(N)c1-c1ccccc1. The minimum absolute atomic E-state index is 0.0958. The van der Waals surface area contributed by atoms with Gasteiger partial charge in [-0.15, -0.1) is 0 Å². The second-order valence-electron chi connectivity index (χ2n) is 3.90. The van der Waals surface area contributed by atoms with Crippen LogP contribution in [0, 0.1) is 0 Å². The van der Waals surface area contributed by atoms with Gasteiger partial charge in [-0.25, -0.2) is 8.42 Å². The summed E-state index contributed by atoms with van der Waals surface area (Å²) in [6.07, 6.45) is 1.18. The number of nitrogens with zero attached hydrogens (tertiary/aromatic N) is 1. The minimum Gasteiger partial charge on any atom is -0.382 e. The molecule has 90 valence electrons. The Bertz CT molecular complexity index is 617. The Labute approximate surface area is 99.6 Å². The molecule has 3 N–H and O–H groups in total. The number of aromatic amines is 1. The molecule has 2 rings (SSSR count). The van der Waals surface area contributed by atoms with E-state index in [9.17, 15) is 8.42 Å². The van der Waals surface area contributed by atoms with E-state index < -0.39 is 9.84 Å². The van der Waals surface area contributed by atoms with Gasteiger partial charge in [0.05, 0.1) is 11.4 Å². The van der Waals surface area contributed by atoms with Crippen molar-refractivity contribution in [2.75, 3.05) is 12.0 Å². The first-order valence-corrected chi connectivity index (χ1v) is 7.09. The number of sulfone groups is 1. The predicted molar refractivity (Wildman–Crippen MR) is 67.0 cm³/mol. The van der Waals surface area contributed by atoms with E-state index in [4.69, 9.17) is 5.73 Å². The van der Waals surface area contributed by atoms with E-state index in [-0.39, 0.29) is 5.75 Å². The van der Waals surface area contributed by atoms with Gasteiger partial charge in [-0.3, -0.25) is 5.10 Å². The Morgan fingerprint density at radius 3 is 2.53 bits per heavy atom. The van der Waals surface area contributed by atoms with Crippen molar-refractivity contribution in [1.29, 1.82) is 0 Å². The number of rotatable bonds is 3. The molecule has 0 aliphatic carbocycles. The molecule has 0 spiro atoms. The van der Waals surface area contributed by atoms with Gasteiger partial charge in [-0.05, 0) is 5.56 Å². The van der Waals surface area contributed by atoms with E-state index >= 15 is 0 Å². The summed E-state index contributed by atoms with van der Waals surface area (Å²) in [6, 6.07) is 9.36. The van der Waals surface area contributed by atoms with Crippen molar-refractivity contribution < 1.29 is 8.42 Å². The van der Waals surface area contributed by atoms with Crippen molar-refractivity contribution in [3.8, 4) is 11.1 Å². The third-order valence-electron chi connectivity index (χ3n) is 2.34. The van der Waals surface area contributed by atoms with Crippen LogP contribution in [-0.4, -0.2) is 24.9 Å². The molecule has 0 aliphatic rings. The molecule has 1 aromatic carbocycles. The highest BCUT2D eigenvalue weighted by atomic mass is 32.2. The summed E-state index contributed by atoms with van der Waals surface area (Å²) in [4.78, 5) is 0. The van der Waals surface area contributed by atoms with Crippen molar-refractivity contribution in [2.45, 2.75) is 5.75 Å². The molecule has 0 aliphatic heterocycles. The number of nitrogen functional groups attached to an aromatic ring is 1. The molecule has 1 aromatic heterocycles. The first kappa shape index (κ1) is 11.7. The number of hydrogen-bond acceptors (Lipinski definition) is 4. The third-order valence-corrected chi connectivity index (χ3v) is 3.15. The maximum Gasteiger partial charge on any atom is 0.153 e. The molecule has 0 bridgehead atoms. The highest BCUT2D eigenvalue weighted by Crippen LogP contribution is 2.28. The van der Waals surface area contributed by atoms with Crippen LogP contribution in [-0.2, 0) is 15.6 Å². The summed E-state index contributed by atoms with van der Waals surface area (Å²) in [5.41, 5.74) is 7.80. The van der Waals surface area contributed by atoms with Crippen LogP contribution in [0.25, 0.3) is 11.1 Å². The fraction of sp³-hybridized carbons (Fsp3) is 0.182. The van der Waals surface area contributed by atoms with Gasteiger partial charge in [0.25, 0.3) is 0 Å². The van der Waals surface area contributed by atoms with E-state index in [0.717, 1.165) is 5.56 Å². The van der Waals surface area contributed by atoms with Crippen LogP contribution in [0.3, 0.4) is 0 Å². The van der Waals surface area contributed by atoms with Gasteiger partial charge < -0.3 is 5.73 Å². The molecule has 6 heteroatoms. The first-order valence-electron chi connectivity index (χ1n) is 5.03. The molecule has 0 fully saturated rings. The van der Waals surface area contributed by atoms with Gasteiger partial charge in [0, 0.05) is 11.8 Å². The Morgan fingerprint density at radius 1 is 1.29 bits per heavy atom. The van der Waals surface area contributed by atoms with E-state index in [1.165, 1.54) is 6.26 Å². The van der Waals surface area contributed by atoms with Gasteiger partial charge in [-0.1, -0.05) is 30.3 Å². The normalized spacial score (nSPS) is 11.6. The van der Waals surface area contributed by atoms with Gasteiger partial charge in [0.1, 0.15) is 0 Å². The number of benzene rings is 1. The molecule has 0 atom stereocenters. The van der Waals surface area contributed by atoms with Gasteiger partial charge in [0.2, 0.25) is 0 Å². The zero-order valence-corrected chi connectivity index (χ0v) is 10.2. The standard InChI is InChI=1S/C11H13N3O2S/c1-17(15,16)7-9-10(11(12)14-13-9)8-5-3-2-4-6-8/h2-6H,7H2,1H3,(H3,12,13,14). The molecular weight excluding hydrogens is 238 g/mol. The number of nitrogens with one attached hydrogen (secondary N) is 1. The van der Waals surface area contributed by atoms with Crippen LogP contribution in [0.5, 0.6) is 0 Å². The summed E-state index contributed by atoms with van der Waals surface area (Å²) in [7, 11) is -3.12. The van der Waals surface area contributed by atoms with Crippen molar-refractivity contribution >= 4 is 15.7 Å². The predicted octanol–water partition coefficient (Wildman–Crippen LogP) is 1.20. The molecule has 0 saturated carbocycles. The number of H-pyrrole nitrogens is 1. The summed E-state index contributed by atoms with van der Waals surface area (Å²) in [5, 5.41) is 6.54. The van der Waals surface area contributed by atoms with Crippen molar-refractivity contribution in [1.82, 2.24) is 10.2 Å². The molecule has 17 heavy (non-hydrogen) atoms. The highest BCUT2D eigenvalue weighted by Gasteiger charge is 2.16. The van der Waals surface area contributed by atoms with Crippen LogP contribution in [0.4, 0.5) is 5.82 Å². The average molecular weight is 251 g/mol. The fourth-order valence-corrected chi connectivity index (χ4v) is 2.42. The summed E-state index contributed by atoms with van der Waals surface area (Å²) in [5.74, 6) is 0.219. The Balaban J connectivity index is 2.51. The van der Waals surface area contributed by atoms with Gasteiger partial charge >= 0.3 is 0 Å². The fourth-order valence-electron chi connectivity index (χ4n) is 1.69. The molecule has 5 nitrogen and oxygen atoms in total. The van der Waals surface area contributed by atoms with Crippen molar-refractivity contribution in [3.05, 3.63) is 36.0 Å². The molecule has 0 amide bonds. The van der Waals surface area contributed by atoms with Gasteiger partial charge in [0.15, 0.2) is 15.7 Å². The Kier molecular flexibility index (Phi) is 2.89. The zero-order valence-electron chi connectivity index (χ0n) is 9.34. The minimum atomic E-state index is -3.12. The largest absolute Gasteiger partial charge is 0.382 e. The summed E-state index contributed by atoms with van der Waals surface area (Å²) < 4.78 is 22.6. The summed E-state index contributed by atoms with van der Waals surface area (Å²) >= 11 is 0. The highest BCUT2D eigenvalue weighted by molar-refractivity contribution is 7.89. The Hall–Kier alpha value is -1.82. The quantitative estimate of drug-likeness (QED) is 0.858. The lowest BCUT2D eigenvalue weighted by Crippen LogP contribution is -2.02. The van der Waals surface area contributed by atoms with Crippen LogP contribution in [0.2, 0.25) is 0 Å². The lowest BCUT2D eigenvalue weighted by atomic mass is 10.1. The van der Waals surface area contributed by atoms with Crippen molar-refractivity contribution in [2.24, 2.45) is 0 Å². The van der Waals surface area contributed by atoms with Crippen LogP contribution in [0.1, 0.15) is 5.69 Å². The number of anilines is 1. The number of aromatic nitrogens is 2. The van der Waals surface area contributed by atoms with E-state index in [1.807, 2.05) is 30.3 Å². The molecule has 0 radical (unpaired) electrons. The lowest BCUT2D eigenvalue weighted by molar-refractivity contribution is 0.600. The smallest absolute Gasteiger partial charge is 0.153 e. The first-order chi connectivity index (χ1) is 7.97. The van der Waals surface area contributed by atoms with E-state index in [2.05, 4.69) is 10.2 Å². The Morgan fingerprint density at radius 2 is 1.94 bits per heavy atom. The topological polar surface area (TPSA) is 88.8 Å². The summed E-state index contributed by atoms with van der Waals surface area (Å²) in [6.45, 7) is 0. The second kappa shape index (κ2) is 4.21. The number of hydrogen-bond donors (Lipinski definition) is 2. The molecule has 0 saturated heterocycles. The van der Waals surface area contributed by atoms with Gasteiger partial charge in [-0.2, -0.15) is 5.10 Å². The molecular formula is C11H13N3O2S. The average Bonchev–Trinajstić information content (AvgIpc) is 2.58. The molecule has 0 unspecified atom stereocenters. The molecule has 1 heterocycles. The van der Waals surface area contributed by atoms with Crippen LogP contribution >= 0.6 is 0 Å². The zero-order chi connectivity index (χ0) is 12.5. The lowest BCUT2D eigenvalue weighted by Gasteiger charge is -2.03. The van der Waals surface area contributed by atoms with Crippen LogP contribution < -0.4 is 5.73 Å². The van der Waals surface area contributed by atoms with Crippen molar-refractivity contribution in [3.63, 3.8) is 0 Å². The number of nitrogens with two attached hydrogens (primary N) is 1. The van der Waals surface area contributed by atoms with Crippen LogP contribution in [0.15, 0.2) is 30.3 Å². The maximum atomic E-state index is 11.3. The maximum absolute atomic E-state index is 11.3. The van der Waals surface area contributed by atoms with E-state index in [1.54, 1.807) is 0 Å². The van der Waals surface area contributed by atoms with E-state index in [0.29, 0.717) is 17.1 Å². The molecule has 2 aromatic rings. The third kappa shape index (κ3) is 2.65. The second-order valence-corrected chi connectivity index (χ2v) is 6.04. The monoisotopic (exact) mass is 251 g/mol.